The first kappa shape index (κ1) is 33.5. The number of nitrogens with zero attached hydrogens (tertiary/aromatic N) is 1. The van der Waals surface area contributed by atoms with Gasteiger partial charge in [0.1, 0.15) is 23.0 Å². The first-order chi connectivity index (χ1) is 27.7. The maximum Gasteiger partial charge on any atom is 0.136 e. The van der Waals surface area contributed by atoms with E-state index in [2.05, 4.69) is 200 Å². The van der Waals surface area contributed by atoms with Gasteiger partial charge in [-0.3, -0.25) is 0 Å². The SMILES string of the molecule is C\C1=C(c2ccc(N(c3ccc(-c4ccc5c(ccc6oc7ccccc7c65)c4)cc3)c3ccccc3-c3ccccc3)cc2)/C=C\C=C\C2=CC=CCC2O1. The van der Waals surface area contributed by atoms with Crippen molar-refractivity contribution < 1.29 is 9.15 Å². The fourth-order valence-electron chi connectivity index (χ4n) is 8.20. The summed E-state index contributed by atoms with van der Waals surface area (Å²) in [6, 6.07) is 56.4. The molecule has 1 aromatic heterocycles. The van der Waals surface area contributed by atoms with Crippen LogP contribution in [0.4, 0.5) is 17.1 Å². The molecule has 0 fully saturated rings. The number of allylic oxidation sites excluding steroid dienone is 7. The van der Waals surface area contributed by atoms with Crippen LogP contribution in [0.5, 0.6) is 0 Å². The van der Waals surface area contributed by atoms with Crippen LogP contribution in [0.1, 0.15) is 18.9 Å². The zero-order chi connectivity index (χ0) is 37.4. The maximum atomic E-state index is 6.57. The molecule has 0 spiro atoms. The Bertz CT molecular complexity index is 2900. The molecule has 1 aliphatic carbocycles. The number of hydrogen-bond acceptors (Lipinski definition) is 3. The second-order valence-corrected chi connectivity index (χ2v) is 14.4. The van der Waals surface area contributed by atoms with E-state index in [9.17, 15) is 0 Å². The molecule has 0 radical (unpaired) electrons. The molecule has 1 aliphatic heterocycles. The van der Waals surface area contributed by atoms with Gasteiger partial charge in [0, 0.05) is 39.7 Å². The number of benzene rings is 7. The minimum Gasteiger partial charge on any atom is -0.489 e. The fourth-order valence-corrected chi connectivity index (χ4v) is 8.20. The molecule has 10 rings (SSSR count). The molecule has 7 aromatic carbocycles. The first-order valence-corrected chi connectivity index (χ1v) is 19.3. The van der Waals surface area contributed by atoms with E-state index in [0.29, 0.717) is 0 Å². The molecule has 3 nitrogen and oxygen atoms in total. The van der Waals surface area contributed by atoms with Crippen LogP contribution >= 0.6 is 0 Å². The van der Waals surface area contributed by atoms with Crippen molar-refractivity contribution in [2.24, 2.45) is 0 Å². The summed E-state index contributed by atoms with van der Waals surface area (Å²) in [5, 5.41) is 4.71. The smallest absolute Gasteiger partial charge is 0.136 e. The molecule has 1 unspecified atom stereocenters. The lowest BCUT2D eigenvalue weighted by Gasteiger charge is -2.28. The number of para-hydroxylation sites is 2. The van der Waals surface area contributed by atoms with Gasteiger partial charge in [-0.15, -0.1) is 0 Å². The van der Waals surface area contributed by atoms with E-state index in [1.807, 2.05) is 12.1 Å². The summed E-state index contributed by atoms with van der Waals surface area (Å²) < 4.78 is 12.7. The summed E-state index contributed by atoms with van der Waals surface area (Å²) in [7, 11) is 0. The Morgan fingerprint density at radius 1 is 0.554 bits per heavy atom. The molecule has 3 heteroatoms. The normalized spacial score (nSPS) is 17.7. The molecule has 0 saturated heterocycles. The average Bonchev–Trinajstić information content (AvgIpc) is 3.67. The lowest BCUT2D eigenvalue weighted by atomic mass is 9.97. The molecule has 8 aromatic rings. The highest BCUT2D eigenvalue weighted by molar-refractivity contribution is 6.19. The first-order valence-electron chi connectivity index (χ1n) is 19.3. The van der Waals surface area contributed by atoms with Crippen LogP contribution in [0.3, 0.4) is 0 Å². The third-order valence-corrected chi connectivity index (χ3v) is 11.0. The summed E-state index contributed by atoms with van der Waals surface area (Å²) in [5.41, 5.74) is 13.1. The molecule has 1 atom stereocenters. The van der Waals surface area contributed by atoms with Crippen LogP contribution in [-0.2, 0) is 4.74 Å². The second-order valence-electron chi connectivity index (χ2n) is 14.4. The zero-order valence-corrected chi connectivity index (χ0v) is 31.1. The highest BCUT2D eigenvalue weighted by Crippen LogP contribution is 2.42. The Labute approximate surface area is 327 Å². The summed E-state index contributed by atoms with van der Waals surface area (Å²) in [6.45, 7) is 2.08. The van der Waals surface area contributed by atoms with E-state index < -0.39 is 0 Å². The molecule has 2 aliphatic rings. The standard InChI is InChI=1S/C53H39NO2/c1-36-45(17-7-5-15-40-16-6-11-21-50(40)55-36)39-25-31-44(32-26-39)54(49-20-10-8-18-46(49)38-13-3-2-4-14-38)43-29-23-37(24-30-43)41-27-33-47-42(35-41)28-34-52-53(47)48-19-9-12-22-51(48)56-52/h2-20,22-35,50H,21H2,1H3/b15-5+,17-7-,45-36-. The summed E-state index contributed by atoms with van der Waals surface area (Å²) >= 11 is 0. The lowest BCUT2D eigenvalue weighted by Crippen LogP contribution is -2.15. The molecule has 0 bridgehead atoms. The topological polar surface area (TPSA) is 25.6 Å². The fraction of sp³-hybridized carbons (Fsp3) is 0.0566. The Balaban J connectivity index is 1.03. The number of fused-ring (bicyclic) bond motifs is 6. The quantitative estimate of drug-likeness (QED) is 0.171. The van der Waals surface area contributed by atoms with Crippen molar-refractivity contribution in [3.8, 4) is 22.3 Å². The summed E-state index contributed by atoms with van der Waals surface area (Å²) in [6.07, 6.45) is 15.8. The highest BCUT2D eigenvalue weighted by atomic mass is 16.5. The Morgan fingerprint density at radius 3 is 2.11 bits per heavy atom. The van der Waals surface area contributed by atoms with Gasteiger partial charge >= 0.3 is 0 Å². The van der Waals surface area contributed by atoms with Crippen molar-refractivity contribution in [2.45, 2.75) is 19.4 Å². The zero-order valence-electron chi connectivity index (χ0n) is 31.1. The van der Waals surface area contributed by atoms with E-state index in [0.717, 1.165) is 68.1 Å². The van der Waals surface area contributed by atoms with Gasteiger partial charge in [0.15, 0.2) is 0 Å². The lowest BCUT2D eigenvalue weighted by molar-refractivity contribution is 0.152. The number of ether oxygens (including phenoxy) is 1. The predicted molar refractivity (Wildman–Crippen MR) is 234 cm³/mol. The third kappa shape index (κ3) is 6.14. The molecular weight excluding hydrogens is 683 g/mol. The number of furan rings is 1. The maximum absolute atomic E-state index is 6.57. The molecule has 2 heterocycles. The van der Waals surface area contributed by atoms with Crippen molar-refractivity contribution in [3.05, 3.63) is 217 Å². The van der Waals surface area contributed by atoms with Gasteiger partial charge in [0.05, 0.1) is 5.69 Å². The molecule has 0 saturated carbocycles. The Hall–Kier alpha value is -7.10. The molecule has 0 N–H and O–H groups in total. The van der Waals surface area contributed by atoms with Crippen LogP contribution in [0.25, 0.3) is 60.5 Å². The highest BCUT2D eigenvalue weighted by Gasteiger charge is 2.20. The molecular formula is C53H39NO2. The van der Waals surface area contributed by atoms with E-state index in [1.165, 1.54) is 32.9 Å². The molecule has 56 heavy (non-hydrogen) atoms. The van der Waals surface area contributed by atoms with Crippen molar-refractivity contribution in [2.75, 3.05) is 4.90 Å². The number of rotatable bonds is 6. The molecule has 0 amide bonds. The van der Waals surface area contributed by atoms with Gasteiger partial charge in [-0.05, 0) is 94.1 Å². The van der Waals surface area contributed by atoms with Gasteiger partial charge in [0.2, 0.25) is 0 Å². The van der Waals surface area contributed by atoms with Crippen LogP contribution in [0, 0.1) is 0 Å². The largest absolute Gasteiger partial charge is 0.489 e. The van der Waals surface area contributed by atoms with Crippen molar-refractivity contribution in [1.82, 2.24) is 0 Å². The van der Waals surface area contributed by atoms with E-state index >= 15 is 0 Å². The van der Waals surface area contributed by atoms with Gasteiger partial charge in [-0.25, -0.2) is 0 Å². The average molecular weight is 722 g/mol. The van der Waals surface area contributed by atoms with Crippen molar-refractivity contribution in [1.29, 1.82) is 0 Å². The van der Waals surface area contributed by atoms with Gasteiger partial charge < -0.3 is 14.1 Å². The van der Waals surface area contributed by atoms with E-state index in [-0.39, 0.29) is 6.10 Å². The number of anilines is 3. The predicted octanol–water partition coefficient (Wildman–Crippen LogP) is 14.7. The molecule has 268 valence electrons. The van der Waals surface area contributed by atoms with Crippen LogP contribution in [0.2, 0.25) is 0 Å². The number of hydrogen-bond donors (Lipinski definition) is 0. The van der Waals surface area contributed by atoms with Gasteiger partial charge in [-0.2, -0.15) is 0 Å². The van der Waals surface area contributed by atoms with Crippen molar-refractivity contribution >= 4 is 55.3 Å². The van der Waals surface area contributed by atoms with Gasteiger partial charge in [0.25, 0.3) is 0 Å². The minimum atomic E-state index is 0.0146. The van der Waals surface area contributed by atoms with Crippen LogP contribution in [0.15, 0.2) is 216 Å². The minimum absolute atomic E-state index is 0.0146. The van der Waals surface area contributed by atoms with Gasteiger partial charge in [-0.1, -0.05) is 152 Å². The second kappa shape index (κ2) is 14.3. The third-order valence-electron chi connectivity index (χ3n) is 11.0. The Morgan fingerprint density at radius 2 is 1.27 bits per heavy atom. The van der Waals surface area contributed by atoms with Crippen molar-refractivity contribution in [3.63, 3.8) is 0 Å². The van der Waals surface area contributed by atoms with E-state index in [4.69, 9.17) is 9.15 Å². The van der Waals surface area contributed by atoms with E-state index in [1.54, 1.807) is 0 Å². The summed E-state index contributed by atoms with van der Waals surface area (Å²) in [4.78, 5) is 2.36. The van der Waals surface area contributed by atoms with Crippen LogP contribution < -0.4 is 4.90 Å². The summed E-state index contributed by atoms with van der Waals surface area (Å²) in [5.74, 6) is 0.919. The monoisotopic (exact) mass is 721 g/mol. The Kier molecular flexibility index (Phi) is 8.53. The van der Waals surface area contributed by atoms with Crippen LogP contribution in [-0.4, -0.2) is 6.10 Å².